The summed E-state index contributed by atoms with van der Waals surface area (Å²) in [4.78, 5) is 13.9. The van der Waals surface area contributed by atoms with Crippen molar-refractivity contribution < 1.29 is 9.53 Å². The number of rotatable bonds is 1. The van der Waals surface area contributed by atoms with E-state index in [9.17, 15) is 4.79 Å². The average Bonchev–Trinajstić information content (AvgIpc) is 2.65. The Balaban J connectivity index is 1.92. The first-order valence-corrected chi connectivity index (χ1v) is 5.41. The first-order valence-electron chi connectivity index (χ1n) is 5.41. The van der Waals surface area contributed by atoms with E-state index in [0.717, 1.165) is 32.4 Å². The average molecular weight is 198 g/mol. The van der Waals surface area contributed by atoms with Crippen molar-refractivity contribution in [1.82, 2.24) is 4.90 Å². The highest BCUT2D eigenvalue weighted by molar-refractivity contribution is 5.80. The molecule has 14 heavy (non-hydrogen) atoms. The van der Waals surface area contributed by atoms with E-state index in [-0.39, 0.29) is 17.9 Å². The van der Waals surface area contributed by atoms with Gasteiger partial charge in [-0.3, -0.25) is 4.79 Å². The Morgan fingerprint density at radius 2 is 2.00 bits per heavy atom. The second-order valence-corrected chi connectivity index (χ2v) is 4.14. The van der Waals surface area contributed by atoms with Crippen molar-refractivity contribution in [1.29, 1.82) is 0 Å². The fourth-order valence-electron chi connectivity index (χ4n) is 2.31. The molecule has 2 fully saturated rings. The van der Waals surface area contributed by atoms with E-state index < -0.39 is 0 Å². The van der Waals surface area contributed by atoms with Gasteiger partial charge in [-0.2, -0.15) is 0 Å². The van der Waals surface area contributed by atoms with E-state index in [0.29, 0.717) is 13.2 Å². The second kappa shape index (κ2) is 4.28. The molecule has 4 heteroatoms. The first kappa shape index (κ1) is 9.93. The molecule has 2 aliphatic rings. The SMILES string of the molecule is N[C@@H]1CCC[C@@H]1C(=O)N1CCOCC1. The standard InChI is InChI=1S/C10H18N2O2/c11-9-3-1-2-8(9)10(13)12-4-6-14-7-5-12/h8-9H,1-7,11H2/t8-,9+/m0/s1. The predicted octanol–water partition coefficient (Wildman–Crippen LogP) is -0.0274. The molecular weight excluding hydrogens is 180 g/mol. The highest BCUT2D eigenvalue weighted by atomic mass is 16.5. The minimum Gasteiger partial charge on any atom is -0.378 e. The Kier molecular flexibility index (Phi) is 3.03. The molecule has 0 aromatic heterocycles. The summed E-state index contributed by atoms with van der Waals surface area (Å²) in [6.45, 7) is 2.82. The van der Waals surface area contributed by atoms with Crippen LogP contribution in [0.4, 0.5) is 0 Å². The van der Waals surface area contributed by atoms with Crippen LogP contribution in [0, 0.1) is 5.92 Å². The fourth-order valence-corrected chi connectivity index (χ4v) is 2.31. The van der Waals surface area contributed by atoms with E-state index >= 15 is 0 Å². The lowest BCUT2D eigenvalue weighted by Crippen LogP contribution is -2.46. The summed E-state index contributed by atoms with van der Waals surface area (Å²) in [7, 11) is 0. The van der Waals surface area contributed by atoms with Crippen LogP contribution >= 0.6 is 0 Å². The van der Waals surface area contributed by atoms with Crippen molar-refractivity contribution in [2.75, 3.05) is 26.3 Å². The zero-order valence-corrected chi connectivity index (χ0v) is 8.45. The quantitative estimate of drug-likeness (QED) is 0.644. The van der Waals surface area contributed by atoms with Crippen LogP contribution in [0.3, 0.4) is 0 Å². The van der Waals surface area contributed by atoms with Crippen molar-refractivity contribution in [2.24, 2.45) is 11.7 Å². The van der Waals surface area contributed by atoms with E-state index in [1.807, 2.05) is 4.90 Å². The second-order valence-electron chi connectivity index (χ2n) is 4.14. The Morgan fingerprint density at radius 3 is 2.57 bits per heavy atom. The van der Waals surface area contributed by atoms with Crippen molar-refractivity contribution in [3.8, 4) is 0 Å². The smallest absolute Gasteiger partial charge is 0.227 e. The maximum absolute atomic E-state index is 12.0. The summed E-state index contributed by atoms with van der Waals surface area (Å²) in [5.41, 5.74) is 5.91. The normalized spacial score (nSPS) is 33.4. The number of hydrogen-bond donors (Lipinski definition) is 1. The molecule has 0 unspecified atom stereocenters. The van der Waals surface area contributed by atoms with Gasteiger partial charge in [0.15, 0.2) is 0 Å². The predicted molar refractivity (Wildman–Crippen MR) is 52.7 cm³/mol. The minimum atomic E-state index is 0.0769. The van der Waals surface area contributed by atoms with Crippen molar-refractivity contribution in [2.45, 2.75) is 25.3 Å². The fraction of sp³-hybridized carbons (Fsp3) is 0.900. The summed E-state index contributed by atoms with van der Waals surface area (Å²) < 4.78 is 5.21. The van der Waals surface area contributed by atoms with Gasteiger partial charge in [0.05, 0.1) is 19.1 Å². The number of carbonyl (C=O) groups excluding carboxylic acids is 1. The minimum absolute atomic E-state index is 0.0769. The van der Waals surface area contributed by atoms with E-state index in [1.165, 1.54) is 0 Å². The third-order valence-corrected chi connectivity index (χ3v) is 3.21. The number of hydrogen-bond acceptors (Lipinski definition) is 3. The monoisotopic (exact) mass is 198 g/mol. The van der Waals surface area contributed by atoms with Crippen molar-refractivity contribution in [3.63, 3.8) is 0 Å². The lowest BCUT2D eigenvalue weighted by atomic mass is 10.0. The molecule has 2 rings (SSSR count). The highest BCUT2D eigenvalue weighted by Gasteiger charge is 2.33. The van der Waals surface area contributed by atoms with Crippen LogP contribution in [-0.2, 0) is 9.53 Å². The number of ether oxygens (including phenoxy) is 1. The van der Waals surface area contributed by atoms with Crippen LogP contribution in [0.25, 0.3) is 0 Å². The van der Waals surface area contributed by atoms with Gasteiger partial charge in [0.1, 0.15) is 0 Å². The topological polar surface area (TPSA) is 55.6 Å². The Bertz CT molecular complexity index is 214. The molecule has 4 nitrogen and oxygen atoms in total. The lowest BCUT2D eigenvalue weighted by molar-refractivity contribution is -0.139. The third-order valence-electron chi connectivity index (χ3n) is 3.21. The number of morpholine rings is 1. The molecule has 0 bridgehead atoms. The highest BCUT2D eigenvalue weighted by Crippen LogP contribution is 2.26. The zero-order chi connectivity index (χ0) is 9.97. The molecule has 2 atom stereocenters. The maximum atomic E-state index is 12.0. The van der Waals surface area contributed by atoms with Crippen LogP contribution in [0.2, 0.25) is 0 Å². The molecule has 1 amide bonds. The molecule has 1 aliphatic heterocycles. The molecule has 1 saturated heterocycles. The van der Waals surface area contributed by atoms with E-state index in [1.54, 1.807) is 0 Å². The van der Waals surface area contributed by atoms with E-state index in [2.05, 4.69) is 0 Å². The number of carbonyl (C=O) groups is 1. The van der Waals surface area contributed by atoms with Gasteiger partial charge in [0, 0.05) is 19.1 Å². The molecule has 0 spiro atoms. The molecule has 1 saturated carbocycles. The molecular formula is C10H18N2O2. The van der Waals surface area contributed by atoms with Crippen molar-refractivity contribution in [3.05, 3.63) is 0 Å². The number of amides is 1. The molecule has 0 aromatic carbocycles. The van der Waals surface area contributed by atoms with Gasteiger partial charge in [-0.25, -0.2) is 0 Å². The van der Waals surface area contributed by atoms with Gasteiger partial charge >= 0.3 is 0 Å². The number of nitrogens with two attached hydrogens (primary N) is 1. The zero-order valence-electron chi connectivity index (χ0n) is 8.45. The summed E-state index contributed by atoms with van der Waals surface area (Å²) >= 11 is 0. The van der Waals surface area contributed by atoms with Gasteiger partial charge in [0.25, 0.3) is 0 Å². The molecule has 2 N–H and O–H groups in total. The van der Waals surface area contributed by atoms with Crippen LogP contribution in [0.1, 0.15) is 19.3 Å². The summed E-state index contributed by atoms with van der Waals surface area (Å²) in [6, 6.07) is 0.0883. The molecule has 1 heterocycles. The Labute approximate surface area is 84.4 Å². The third kappa shape index (κ3) is 1.91. The summed E-state index contributed by atoms with van der Waals surface area (Å²) in [5, 5.41) is 0. The molecule has 0 radical (unpaired) electrons. The van der Waals surface area contributed by atoms with Crippen LogP contribution < -0.4 is 5.73 Å². The largest absolute Gasteiger partial charge is 0.378 e. The van der Waals surface area contributed by atoms with Gasteiger partial charge < -0.3 is 15.4 Å². The lowest BCUT2D eigenvalue weighted by Gasteiger charge is -2.30. The number of nitrogens with zero attached hydrogens (tertiary/aromatic N) is 1. The maximum Gasteiger partial charge on any atom is 0.227 e. The van der Waals surface area contributed by atoms with Gasteiger partial charge in [-0.15, -0.1) is 0 Å². The van der Waals surface area contributed by atoms with E-state index in [4.69, 9.17) is 10.5 Å². The van der Waals surface area contributed by atoms with Crippen LogP contribution in [0.15, 0.2) is 0 Å². The van der Waals surface area contributed by atoms with Gasteiger partial charge in [-0.05, 0) is 12.8 Å². The van der Waals surface area contributed by atoms with Crippen molar-refractivity contribution >= 4 is 5.91 Å². The first-order chi connectivity index (χ1) is 6.79. The van der Waals surface area contributed by atoms with Crippen LogP contribution in [-0.4, -0.2) is 43.2 Å². The summed E-state index contributed by atoms with van der Waals surface area (Å²) in [6.07, 6.45) is 3.07. The summed E-state index contributed by atoms with van der Waals surface area (Å²) in [5.74, 6) is 0.325. The Hall–Kier alpha value is -0.610. The van der Waals surface area contributed by atoms with Gasteiger partial charge in [-0.1, -0.05) is 6.42 Å². The molecule has 0 aromatic rings. The molecule has 80 valence electrons. The van der Waals surface area contributed by atoms with Crippen LogP contribution in [0.5, 0.6) is 0 Å². The van der Waals surface area contributed by atoms with Gasteiger partial charge in [0.2, 0.25) is 5.91 Å². The Morgan fingerprint density at radius 1 is 1.29 bits per heavy atom. The molecule has 1 aliphatic carbocycles.